The smallest absolute Gasteiger partial charge is 0.303 e. The van der Waals surface area contributed by atoms with Crippen molar-refractivity contribution in [2.75, 3.05) is 7.11 Å². The molecule has 1 aromatic rings. The van der Waals surface area contributed by atoms with Gasteiger partial charge in [0.15, 0.2) is 0 Å². The summed E-state index contributed by atoms with van der Waals surface area (Å²) in [6.45, 7) is 5.22. The minimum Gasteiger partial charge on any atom is -0.496 e. The molecule has 82 valence electrons. The molecule has 0 saturated heterocycles. The second-order valence-corrected chi connectivity index (χ2v) is 3.48. The first-order chi connectivity index (χ1) is 7.04. The van der Waals surface area contributed by atoms with Gasteiger partial charge in [-0.1, -0.05) is 6.07 Å². The molecular weight excluding hydrogens is 192 g/mol. The Labute approximate surface area is 90.0 Å². The highest BCUT2D eigenvalue weighted by Gasteiger charge is 2.09. The van der Waals surface area contributed by atoms with Gasteiger partial charge in [0.25, 0.3) is 0 Å². The second kappa shape index (κ2) is 4.82. The molecule has 3 heteroatoms. The number of ether oxygens (including phenoxy) is 2. The van der Waals surface area contributed by atoms with Gasteiger partial charge in [-0.05, 0) is 37.1 Å². The Hall–Kier alpha value is -1.51. The van der Waals surface area contributed by atoms with Gasteiger partial charge in [-0.3, -0.25) is 4.79 Å². The molecule has 0 aliphatic carbocycles. The molecule has 0 saturated carbocycles. The molecule has 0 bridgehead atoms. The van der Waals surface area contributed by atoms with Crippen molar-refractivity contribution in [2.45, 2.75) is 26.9 Å². The maximum atomic E-state index is 10.8. The summed E-state index contributed by atoms with van der Waals surface area (Å²) in [6.07, 6.45) is -0.216. The molecule has 0 aliphatic heterocycles. The van der Waals surface area contributed by atoms with Crippen LogP contribution in [0.25, 0.3) is 0 Å². The summed E-state index contributed by atoms with van der Waals surface area (Å²) in [6, 6.07) is 5.75. The monoisotopic (exact) mass is 208 g/mol. The molecule has 0 aliphatic rings. The lowest BCUT2D eigenvalue weighted by Crippen LogP contribution is -2.05. The van der Waals surface area contributed by atoms with Gasteiger partial charge in [-0.15, -0.1) is 0 Å². The predicted molar refractivity (Wildman–Crippen MR) is 57.9 cm³/mol. The largest absolute Gasteiger partial charge is 0.496 e. The minimum atomic E-state index is -0.268. The molecule has 0 N–H and O–H groups in total. The molecule has 0 aromatic heterocycles. The number of hydrogen-bond acceptors (Lipinski definition) is 3. The van der Waals surface area contributed by atoms with Crippen LogP contribution in [-0.2, 0) is 9.53 Å². The Bertz CT molecular complexity index is 358. The van der Waals surface area contributed by atoms with E-state index in [0.29, 0.717) is 0 Å². The van der Waals surface area contributed by atoms with E-state index in [2.05, 4.69) is 0 Å². The van der Waals surface area contributed by atoms with Crippen molar-refractivity contribution in [3.05, 3.63) is 29.3 Å². The minimum absolute atomic E-state index is 0.216. The Kier molecular flexibility index (Phi) is 3.72. The van der Waals surface area contributed by atoms with Crippen LogP contribution in [0.15, 0.2) is 18.2 Å². The van der Waals surface area contributed by atoms with Gasteiger partial charge < -0.3 is 9.47 Å². The molecular formula is C12H16O3. The number of carbonyl (C=O) groups excluding carboxylic acids is 1. The summed E-state index contributed by atoms with van der Waals surface area (Å²) in [5, 5.41) is 0. The summed E-state index contributed by atoms with van der Waals surface area (Å²) < 4.78 is 10.2. The highest BCUT2D eigenvalue weighted by Crippen LogP contribution is 2.24. The van der Waals surface area contributed by atoms with Crippen LogP contribution in [0.5, 0.6) is 5.75 Å². The fourth-order valence-corrected chi connectivity index (χ4v) is 1.47. The van der Waals surface area contributed by atoms with Gasteiger partial charge in [0.1, 0.15) is 11.9 Å². The molecule has 0 fully saturated rings. The Morgan fingerprint density at radius 3 is 2.53 bits per heavy atom. The van der Waals surface area contributed by atoms with Crippen LogP contribution in [0.1, 0.15) is 31.1 Å². The topological polar surface area (TPSA) is 35.5 Å². The number of carbonyl (C=O) groups is 1. The lowest BCUT2D eigenvalue weighted by atomic mass is 10.1. The molecule has 15 heavy (non-hydrogen) atoms. The van der Waals surface area contributed by atoms with Crippen molar-refractivity contribution in [2.24, 2.45) is 0 Å². The SMILES string of the molecule is COc1ccc(C(C)OC(C)=O)cc1C. The lowest BCUT2D eigenvalue weighted by Gasteiger charge is -2.14. The first kappa shape index (κ1) is 11.6. The van der Waals surface area contributed by atoms with Gasteiger partial charge in [0, 0.05) is 6.92 Å². The number of rotatable bonds is 3. The van der Waals surface area contributed by atoms with Gasteiger partial charge >= 0.3 is 5.97 Å². The van der Waals surface area contributed by atoms with Crippen molar-refractivity contribution < 1.29 is 14.3 Å². The van der Waals surface area contributed by atoms with Gasteiger partial charge in [-0.2, -0.15) is 0 Å². The molecule has 1 rings (SSSR count). The van der Waals surface area contributed by atoms with E-state index < -0.39 is 0 Å². The maximum absolute atomic E-state index is 10.8. The summed E-state index contributed by atoms with van der Waals surface area (Å²) in [5.74, 6) is 0.574. The van der Waals surface area contributed by atoms with Crippen LogP contribution in [0.3, 0.4) is 0 Å². The average molecular weight is 208 g/mol. The maximum Gasteiger partial charge on any atom is 0.303 e. The van der Waals surface area contributed by atoms with Crippen LogP contribution >= 0.6 is 0 Å². The highest BCUT2D eigenvalue weighted by atomic mass is 16.5. The van der Waals surface area contributed by atoms with Crippen LogP contribution < -0.4 is 4.74 Å². The molecule has 0 spiro atoms. The van der Waals surface area contributed by atoms with Crippen LogP contribution in [0, 0.1) is 6.92 Å². The predicted octanol–water partition coefficient (Wildman–Crippen LogP) is 2.63. The molecule has 3 nitrogen and oxygen atoms in total. The van der Waals surface area contributed by atoms with E-state index in [1.165, 1.54) is 6.92 Å². The van der Waals surface area contributed by atoms with Crippen LogP contribution in [0.4, 0.5) is 0 Å². The Morgan fingerprint density at radius 1 is 1.40 bits per heavy atom. The molecule has 1 aromatic carbocycles. The third kappa shape index (κ3) is 2.98. The van der Waals surface area contributed by atoms with Gasteiger partial charge in [0.05, 0.1) is 7.11 Å². The Balaban J connectivity index is 2.87. The van der Waals surface area contributed by atoms with Crippen molar-refractivity contribution in [3.8, 4) is 5.75 Å². The quantitative estimate of drug-likeness (QED) is 0.716. The summed E-state index contributed by atoms with van der Waals surface area (Å²) in [5.41, 5.74) is 2.01. The van der Waals surface area contributed by atoms with Crippen molar-refractivity contribution in [3.63, 3.8) is 0 Å². The number of methoxy groups -OCH3 is 1. The third-order valence-electron chi connectivity index (χ3n) is 2.23. The second-order valence-electron chi connectivity index (χ2n) is 3.48. The van der Waals surface area contributed by atoms with Crippen LogP contribution in [0.2, 0.25) is 0 Å². The molecule has 1 unspecified atom stereocenters. The van der Waals surface area contributed by atoms with E-state index in [1.807, 2.05) is 32.0 Å². The molecule has 0 heterocycles. The highest BCUT2D eigenvalue weighted by molar-refractivity contribution is 5.66. The molecule has 0 radical (unpaired) electrons. The fraction of sp³-hybridized carbons (Fsp3) is 0.417. The first-order valence-corrected chi connectivity index (χ1v) is 4.86. The first-order valence-electron chi connectivity index (χ1n) is 4.86. The Morgan fingerprint density at radius 2 is 2.07 bits per heavy atom. The lowest BCUT2D eigenvalue weighted by molar-refractivity contribution is -0.145. The molecule has 0 amide bonds. The van der Waals surface area contributed by atoms with E-state index in [-0.39, 0.29) is 12.1 Å². The van der Waals surface area contributed by atoms with Gasteiger partial charge in [0.2, 0.25) is 0 Å². The summed E-state index contributed by atoms with van der Waals surface area (Å²) >= 11 is 0. The van der Waals surface area contributed by atoms with Crippen molar-refractivity contribution in [1.29, 1.82) is 0 Å². The zero-order chi connectivity index (χ0) is 11.4. The third-order valence-corrected chi connectivity index (χ3v) is 2.23. The standard InChI is InChI=1S/C12H16O3/c1-8-7-11(5-6-12(8)14-4)9(2)15-10(3)13/h5-7,9H,1-4H3. The normalized spacial score (nSPS) is 12.0. The van der Waals surface area contributed by atoms with Crippen molar-refractivity contribution >= 4 is 5.97 Å². The zero-order valence-electron chi connectivity index (χ0n) is 9.53. The number of aryl methyl sites for hydroxylation is 1. The fourth-order valence-electron chi connectivity index (χ4n) is 1.47. The van der Waals surface area contributed by atoms with E-state index in [0.717, 1.165) is 16.9 Å². The van der Waals surface area contributed by atoms with E-state index in [9.17, 15) is 4.79 Å². The van der Waals surface area contributed by atoms with Gasteiger partial charge in [-0.25, -0.2) is 0 Å². The number of esters is 1. The zero-order valence-corrected chi connectivity index (χ0v) is 9.53. The van der Waals surface area contributed by atoms with Crippen molar-refractivity contribution in [1.82, 2.24) is 0 Å². The van der Waals surface area contributed by atoms with Crippen LogP contribution in [-0.4, -0.2) is 13.1 Å². The van der Waals surface area contributed by atoms with E-state index in [1.54, 1.807) is 7.11 Å². The number of benzene rings is 1. The number of hydrogen-bond donors (Lipinski definition) is 0. The summed E-state index contributed by atoms with van der Waals surface area (Å²) in [7, 11) is 1.64. The van der Waals surface area contributed by atoms with E-state index >= 15 is 0 Å². The summed E-state index contributed by atoms with van der Waals surface area (Å²) in [4.78, 5) is 10.8. The average Bonchev–Trinajstić information content (AvgIpc) is 2.16. The molecule has 1 atom stereocenters. The van der Waals surface area contributed by atoms with E-state index in [4.69, 9.17) is 9.47 Å².